The Labute approximate surface area is 176 Å². The highest BCUT2D eigenvalue weighted by molar-refractivity contribution is 5.91. The second kappa shape index (κ2) is 9.87. The lowest BCUT2D eigenvalue weighted by Crippen LogP contribution is -2.23. The lowest BCUT2D eigenvalue weighted by atomic mass is 10.1. The number of aromatic nitrogens is 2. The summed E-state index contributed by atoms with van der Waals surface area (Å²) in [4.78, 5) is 24.5. The van der Waals surface area contributed by atoms with Crippen LogP contribution in [-0.4, -0.2) is 22.3 Å². The third kappa shape index (κ3) is 5.35. The Morgan fingerprint density at radius 1 is 1.07 bits per heavy atom. The first-order valence-corrected chi connectivity index (χ1v) is 10.2. The third-order valence-electron chi connectivity index (χ3n) is 4.98. The van der Waals surface area contributed by atoms with Gasteiger partial charge in [0.05, 0.1) is 12.3 Å². The zero-order valence-electron chi connectivity index (χ0n) is 17.6. The average Bonchev–Trinajstić information content (AvgIpc) is 2.74. The molecule has 0 aliphatic rings. The average molecular weight is 405 g/mol. The van der Waals surface area contributed by atoms with Gasteiger partial charge in [-0.2, -0.15) is 5.10 Å². The van der Waals surface area contributed by atoms with Crippen LogP contribution in [0.4, 0.5) is 5.69 Å². The maximum absolute atomic E-state index is 12.3. The van der Waals surface area contributed by atoms with Gasteiger partial charge in [0, 0.05) is 30.3 Å². The largest absolute Gasteiger partial charge is 0.494 e. The van der Waals surface area contributed by atoms with Gasteiger partial charge in [0.15, 0.2) is 0 Å². The zero-order chi connectivity index (χ0) is 21.5. The number of nitrogens with zero attached hydrogens (tertiary/aromatic N) is 2. The van der Waals surface area contributed by atoms with Crippen LogP contribution in [0.1, 0.15) is 30.9 Å². The van der Waals surface area contributed by atoms with E-state index in [2.05, 4.69) is 10.4 Å². The maximum Gasteiger partial charge on any atom is 0.266 e. The van der Waals surface area contributed by atoms with E-state index in [1.54, 1.807) is 6.07 Å². The fourth-order valence-electron chi connectivity index (χ4n) is 3.14. The Morgan fingerprint density at radius 3 is 2.57 bits per heavy atom. The summed E-state index contributed by atoms with van der Waals surface area (Å²) in [6.07, 6.45) is 0.838. The van der Waals surface area contributed by atoms with Crippen molar-refractivity contribution in [3.8, 4) is 17.0 Å². The molecule has 0 fully saturated rings. The lowest BCUT2D eigenvalue weighted by Gasteiger charge is -2.11. The van der Waals surface area contributed by atoms with Gasteiger partial charge in [-0.15, -0.1) is 0 Å². The minimum Gasteiger partial charge on any atom is -0.494 e. The molecule has 1 N–H and O–H groups in total. The summed E-state index contributed by atoms with van der Waals surface area (Å²) >= 11 is 0. The van der Waals surface area contributed by atoms with Gasteiger partial charge in [-0.25, -0.2) is 4.68 Å². The van der Waals surface area contributed by atoms with Crippen LogP contribution in [0.5, 0.6) is 5.75 Å². The summed E-state index contributed by atoms with van der Waals surface area (Å²) in [7, 11) is 0. The highest BCUT2D eigenvalue weighted by atomic mass is 16.5. The number of carbonyl (C=O) groups is 1. The monoisotopic (exact) mass is 405 g/mol. The molecule has 0 atom stereocenters. The SMILES string of the molecule is CCOc1ccc(-c2ccc(=O)n(CCCC(=O)Nc3cccc(C)c3C)n2)cc1. The first-order chi connectivity index (χ1) is 14.5. The molecular weight excluding hydrogens is 378 g/mol. The van der Waals surface area contributed by atoms with Gasteiger partial charge < -0.3 is 10.1 Å². The van der Waals surface area contributed by atoms with Crippen molar-refractivity contribution in [2.45, 2.75) is 40.2 Å². The van der Waals surface area contributed by atoms with E-state index in [1.165, 1.54) is 10.7 Å². The fraction of sp³-hybridized carbons (Fsp3) is 0.292. The van der Waals surface area contributed by atoms with Crippen molar-refractivity contribution in [3.63, 3.8) is 0 Å². The molecule has 6 nitrogen and oxygen atoms in total. The maximum atomic E-state index is 12.3. The molecule has 0 aliphatic carbocycles. The van der Waals surface area contributed by atoms with E-state index in [0.717, 1.165) is 28.1 Å². The quantitative estimate of drug-likeness (QED) is 0.605. The molecule has 30 heavy (non-hydrogen) atoms. The molecule has 1 aromatic heterocycles. The number of rotatable bonds is 8. The van der Waals surface area contributed by atoms with E-state index in [0.29, 0.717) is 31.7 Å². The first kappa shape index (κ1) is 21.3. The molecule has 0 unspecified atom stereocenters. The van der Waals surface area contributed by atoms with Crippen molar-refractivity contribution < 1.29 is 9.53 Å². The Morgan fingerprint density at radius 2 is 1.83 bits per heavy atom. The van der Waals surface area contributed by atoms with Gasteiger partial charge in [0.2, 0.25) is 5.91 Å². The van der Waals surface area contributed by atoms with E-state index < -0.39 is 0 Å². The van der Waals surface area contributed by atoms with Crippen LogP contribution in [0.3, 0.4) is 0 Å². The van der Waals surface area contributed by atoms with E-state index in [4.69, 9.17) is 4.74 Å². The number of nitrogens with one attached hydrogen (secondary N) is 1. The molecule has 0 spiro atoms. The van der Waals surface area contributed by atoms with Gasteiger partial charge >= 0.3 is 0 Å². The van der Waals surface area contributed by atoms with E-state index in [1.807, 2.05) is 63.2 Å². The zero-order valence-corrected chi connectivity index (χ0v) is 17.6. The number of carbonyl (C=O) groups excluding carboxylic acids is 1. The molecule has 3 rings (SSSR count). The number of hydrogen-bond donors (Lipinski definition) is 1. The number of benzene rings is 2. The van der Waals surface area contributed by atoms with Crippen molar-refractivity contribution in [1.29, 1.82) is 0 Å². The summed E-state index contributed by atoms with van der Waals surface area (Å²) in [5, 5.41) is 7.40. The van der Waals surface area contributed by atoms with Crippen molar-refractivity contribution in [3.05, 3.63) is 76.1 Å². The van der Waals surface area contributed by atoms with Crippen molar-refractivity contribution in [2.24, 2.45) is 0 Å². The van der Waals surface area contributed by atoms with Gasteiger partial charge in [-0.05, 0) is 74.7 Å². The van der Waals surface area contributed by atoms with E-state index in [-0.39, 0.29) is 11.5 Å². The van der Waals surface area contributed by atoms with Crippen LogP contribution in [0.25, 0.3) is 11.3 Å². The fourth-order valence-corrected chi connectivity index (χ4v) is 3.14. The van der Waals surface area contributed by atoms with Crippen molar-refractivity contribution >= 4 is 11.6 Å². The Hall–Kier alpha value is -3.41. The first-order valence-electron chi connectivity index (χ1n) is 10.2. The normalized spacial score (nSPS) is 10.6. The van der Waals surface area contributed by atoms with E-state index >= 15 is 0 Å². The lowest BCUT2D eigenvalue weighted by molar-refractivity contribution is -0.116. The van der Waals surface area contributed by atoms with Gasteiger partial charge in [0.1, 0.15) is 5.75 Å². The number of ether oxygens (including phenoxy) is 1. The van der Waals surface area contributed by atoms with Crippen molar-refractivity contribution in [2.75, 3.05) is 11.9 Å². The van der Waals surface area contributed by atoms with Gasteiger partial charge in [0.25, 0.3) is 5.56 Å². The number of anilines is 1. The number of amides is 1. The van der Waals surface area contributed by atoms with Gasteiger partial charge in [-0.3, -0.25) is 9.59 Å². The number of hydrogen-bond acceptors (Lipinski definition) is 4. The molecule has 6 heteroatoms. The molecule has 0 saturated carbocycles. The highest BCUT2D eigenvalue weighted by Gasteiger charge is 2.08. The Bertz CT molecular complexity index is 1070. The van der Waals surface area contributed by atoms with Crippen LogP contribution >= 0.6 is 0 Å². The molecule has 0 saturated heterocycles. The van der Waals surface area contributed by atoms with Crippen LogP contribution in [0.15, 0.2) is 59.4 Å². The third-order valence-corrected chi connectivity index (χ3v) is 4.98. The summed E-state index contributed by atoms with van der Waals surface area (Å²) in [5.74, 6) is 0.726. The summed E-state index contributed by atoms with van der Waals surface area (Å²) in [6, 6.07) is 16.7. The standard InChI is InChI=1S/C24H27N3O3/c1-4-30-20-12-10-19(11-13-20)22-14-15-24(29)27(26-22)16-6-9-23(28)25-21-8-5-7-17(2)18(21)3/h5,7-8,10-15H,4,6,9,16H2,1-3H3,(H,25,28). The molecule has 0 aliphatic heterocycles. The predicted molar refractivity (Wildman–Crippen MR) is 119 cm³/mol. The predicted octanol–water partition coefficient (Wildman–Crippen LogP) is 4.34. The molecule has 1 amide bonds. The topological polar surface area (TPSA) is 73.2 Å². The number of aryl methyl sites for hydroxylation is 2. The van der Waals surface area contributed by atoms with E-state index in [9.17, 15) is 9.59 Å². The minimum atomic E-state index is -0.181. The second-order valence-electron chi connectivity index (χ2n) is 7.14. The van der Waals surface area contributed by atoms with Crippen molar-refractivity contribution in [1.82, 2.24) is 9.78 Å². The molecule has 1 heterocycles. The summed E-state index contributed by atoms with van der Waals surface area (Å²) in [6.45, 7) is 6.93. The molecule has 0 radical (unpaired) electrons. The Balaban J connectivity index is 1.61. The smallest absolute Gasteiger partial charge is 0.266 e. The molecule has 0 bridgehead atoms. The van der Waals surface area contributed by atoms with Crippen LogP contribution in [0.2, 0.25) is 0 Å². The highest BCUT2D eigenvalue weighted by Crippen LogP contribution is 2.20. The minimum absolute atomic E-state index is 0.0700. The molecule has 156 valence electrons. The summed E-state index contributed by atoms with van der Waals surface area (Å²) in [5.41, 5.74) is 4.45. The molecule has 3 aromatic rings. The molecule has 2 aromatic carbocycles. The van der Waals surface area contributed by atoms with Crippen LogP contribution in [0, 0.1) is 13.8 Å². The second-order valence-corrected chi connectivity index (χ2v) is 7.14. The van der Waals surface area contributed by atoms with Crippen LogP contribution in [-0.2, 0) is 11.3 Å². The summed E-state index contributed by atoms with van der Waals surface area (Å²) < 4.78 is 6.87. The molecular formula is C24H27N3O3. The van der Waals surface area contributed by atoms with Gasteiger partial charge in [-0.1, -0.05) is 12.1 Å². The van der Waals surface area contributed by atoms with Crippen LogP contribution < -0.4 is 15.6 Å². The Kier molecular flexibility index (Phi) is 7.01.